The summed E-state index contributed by atoms with van der Waals surface area (Å²) >= 11 is 5.98. The van der Waals surface area contributed by atoms with Gasteiger partial charge in [-0.15, -0.1) is 0 Å². The van der Waals surface area contributed by atoms with Crippen LogP contribution in [0.2, 0.25) is 5.02 Å². The van der Waals surface area contributed by atoms with Gasteiger partial charge in [0, 0.05) is 23.7 Å². The van der Waals surface area contributed by atoms with Crippen LogP contribution in [0.15, 0.2) is 30.3 Å². The summed E-state index contributed by atoms with van der Waals surface area (Å²) in [5, 5.41) is 3.41. The topological polar surface area (TPSA) is 12.0 Å². The molecule has 0 saturated carbocycles. The highest BCUT2D eigenvalue weighted by Gasteiger charge is 2.14. The van der Waals surface area contributed by atoms with E-state index in [-0.39, 0.29) is 5.56 Å². The van der Waals surface area contributed by atoms with E-state index in [1.165, 1.54) is 6.07 Å². The fourth-order valence-corrected chi connectivity index (χ4v) is 2.06. The Hall–Kier alpha value is -1.52. The van der Waals surface area contributed by atoms with Crippen molar-refractivity contribution in [3.8, 4) is 11.1 Å². The van der Waals surface area contributed by atoms with Gasteiger partial charge in [0.05, 0.1) is 5.56 Å². The highest BCUT2D eigenvalue weighted by atomic mass is 35.5. The third kappa shape index (κ3) is 2.91. The van der Waals surface area contributed by atoms with Crippen molar-refractivity contribution in [2.75, 3.05) is 7.05 Å². The molecule has 0 bridgehead atoms. The maximum absolute atomic E-state index is 13.7. The van der Waals surface area contributed by atoms with Crippen molar-refractivity contribution in [1.29, 1.82) is 0 Å². The number of hydrogen-bond acceptors (Lipinski definition) is 1. The van der Waals surface area contributed by atoms with E-state index in [1.807, 2.05) is 0 Å². The SMILES string of the molecule is CNCc1cc(-c2c(F)cc(F)cc2F)ccc1Cl. The Morgan fingerprint density at radius 2 is 1.68 bits per heavy atom. The van der Waals surface area contributed by atoms with Gasteiger partial charge in [-0.1, -0.05) is 17.7 Å². The molecule has 2 aromatic carbocycles. The first-order valence-corrected chi connectivity index (χ1v) is 5.98. The molecule has 19 heavy (non-hydrogen) atoms. The minimum atomic E-state index is -0.942. The molecule has 5 heteroatoms. The Kier molecular flexibility index (Phi) is 4.12. The van der Waals surface area contributed by atoms with Crippen LogP contribution < -0.4 is 5.32 Å². The van der Waals surface area contributed by atoms with Crippen molar-refractivity contribution in [3.63, 3.8) is 0 Å². The first kappa shape index (κ1) is 13.9. The zero-order valence-electron chi connectivity index (χ0n) is 10.1. The predicted molar refractivity (Wildman–Crippen MR) is 69.5 cm³/mol. The Morgan fingerprint density at radius 1 is 1.05 bits per heavy atom. The lowest BCUT2D eigenvalue weighted by Gasteiger charge is -2.09. The Balaban J connectivity index is 2.56. The number of halogens is 4. The molecule has 0 aliphatic carbocycles. The van der Waals surface area contributed by atoms with Crippen LogP contribution in [-0.4, -0.2) is 7.05 Å². The molecule has 0 radical (unpaired) electrons. The van der Waals surface area contributed by atoms with Gasteiger partial charge in [0.25, 0.3) is 0 Å². The molecule has 2 aromatic rings. The van der Waals surface area contributed by atoms with Gasteiger partial charge in [-0.05, 0) is 30.3 Å². The molecule has 0 spiro atoms. The number of nitrogens with one attached hydrogen (secondary N) is 1. The van der Waals surface area contributed by atoms with E-state index in [4.69, 9.17) is 11.6 Å². The molecule has 0 saturated heterocycles. The average Bonchev–Trinajstić information content (AvgIpc) is 2.32. The molecule has 0 atom stereocenters. The third-order valence-corrected chi connectivity index (χ3v) is 3.08. The molecule has 0 aliphatic heterocycles. The van der Waals surface area contributed by atoms with E-state index < -0.39 is 17.5 Å². The standard InChI is InChI=1S/C14H11ClF3N/c1-19-7-9-4-8(2-3-11(9)15)14-12(17)5-10(16)6-13(14)18/h2-6,19H,7H2,1H3. The summed E-state index contributed by atoms with van der Waals surface area (Å²) in [7, 11) is 1.74. The summed E-state index contributed by atoms with van der Waals surface area (Å²) in [6.45, 7) is 0.469. The Morgan fingerprint density at radius 3 is 2.26 bits per heavy atom. The molecule has 1 N–H and O–H groups in total. The van der Waals surface area contributed by atoms with E-state index in [2.05, 4.69) is 5.32 Å². The summed E-state index contributed by atoms with van der Waals surface area (Å²) in [5.41, 5.74) is 0.782. The second kappa shape index (κ2) is 5.63. The fraction of sp³-hybridized carbons (Fsp3) is 0.143. The molecule has 0 heterocycles. The van der Waals surface area contributed by atoms with Gasteiger partial charge in [0.2, 0.25) is 0 Å². The van der Waals surface area contributed by atoms with Crippen LogP contribution in [0, 0.1) is 17.5 Å². The molecular formula is C14H11ClF3N. The van der Waals surface area contributed by atoms with Gasteiger partial charge in [-0.2, -0.15) is 0 Å². The van der Waals surface area contributed by atoms with Gasteiger partial charge in [-0.3, -0.25) is 0 Å². The minimum Gasteiger partial charge on any atom is -0.316 e. The first-order chi connectivity index (χ1) is 9.02. The van der Waals surface area contributed by atoms with Crippen LogP contribution in [0.1, 0.15) is 5.56 Å². The lowest BCUT2D eigenvalue weighted by Crippen LogP contribution is -2.05. The van der Waals surface area contributed by atoms with E-state index in [0.29, 0.717) is 34.8 Å². The monoisotopic (exact) mass is 285 g/mol. The maximum Gasteiger partial charge on any atom is 0.136 e. The van der Waals surface area contributed by atoms with E-state index in [9.17, 15) is 13.2 Å². The van der Waals surface area contributed by atoms with Crippen molar-refractivity contribution < 1.29 is 13.2 Å². The van der Waals surface area contributed by atoms with E-state index >= 15 is 0 Å². The van der Waals surface area contributed by atoms with Crippen molar-refractivity contribution in [1.82, 2.24) is 5.32 Å². The Labute approximate surface area is 114 Å². The molecule has 0 fully saturated rings. The summed E-state index contributed by atoms with van der Waals surface area (Å²) in [6.07, 6.45) is 0. The van der Waals surface area contributed by atoms with Crippen LogP contribution in [0.25, 0.3) is 11.1 Å². The molecule has 0 unspecified atom stereocenters. The first-order valence-electron chi connectivity index (χ1n) is 5.61. The normalized spacial score (nSPS) is 10.8. The maximum atomic E-state index is 13.7. The predicted octanol–water partition coefficient (Wildman–Crippen LogP) is 4.14. The smallest absolute Gasteiger partial charge is 0.136 e. The van der Waals surface area contributed by atoms with E-state index in [0.717, 1.165) is 0 Å². The zero-order valence-corrected chi connectivity index (χ0v) is 10.9. The molecule has 0 aromatic heterocycles. The second-order valence-electron chi connectivity index (χ2n) is 4.08. The lowest BCUT2D eigenvalue weighted by molar-refractivity contribution is 0.548. The van der Waals surface area contributed by atoms with Crippen LogP contribution in [-0.2, 0) is 6.54 Å². The minimum absolute atomic E-state index is 0.254. The molecule has 2 rings (SSSR count). The quantitative estimate of drug-likeness (QED) is 0.893. The fourth-order valence-electron chi connectivity index (χ4n) is 1.87. The van der Waals surface area contributed by atoms with E-state index in [1.54, 1.807) is 19.2 Å². The summed E-state index contributed by atoms with van der Waals surface area (Å²) in [5.74, 6) is -2.81. The molecule has 0 aliphatic rings. The highest BCUT2D eigenvalue weighted by Crippen LogP contribution is 2.30. The van der Waals surface area contributed by atoms with Crippen LogP contribution in [0.4, 0.5) is 13.2 Å². The zero-order chi connectivity index (χ0) is 14.0. The summed E-state index contributed by atoms with van der Waals surface area (Å²) < 4.78 is 40.3. The van der Waals surface area contributed by atoms with Crippen LogP contribution >= 0.6 is 11.6 Å². The number of benzene rings is 2. The molecule has 100 valence electrons. The van der Waals surface area contributed by atoms with Crippen molar-refractivity contribution >= 4 is 11.6 Å². The Bertz CT molecular complexity index is 591. The van der Waals surface area contributed by atoms with Crippen molar-refractivity contribution in [3.05, 3.63) is 58.4 Å². The highest BCUT2D eigenvalue weighted by molar-refractivity contribution is 6.31. The molecule has 1 nitrogen and oxygen atoms in total. The molecule has 0 amide bonds. The number of hydrogen-bond donors (Lipinski definition) is 1. The van der Waals surface area contributed by atoms with Gasteiger partial charge in [0.1, 0.15) is 17.5 Å². The van der Waals surface area contributed by atoms with Crippen molar-refractivity contribution in [2.24, 2.45) is 0 Å². The van der Waals surface area contributed by atoms with Crippen LogP contribution in [0.5, 0.6) is 0 Å². The van der Waals surface area contributed by atoms with Gasteiger partial charge in [-0.25, -0.2) is 13.2 Å². The largest absolute Gasteiger partial charge is 0.316 e. The molecular weight excluding hydrogens is 275 g/mol. The summed E-state index contributed by atoms with van der Waals surface area (Å²) in [4.78, 5) is 0. The lowest BCUT2D eigenvalue weighted by atomic mass is 10.0. The third-order valence-electron chi connectivity index (χ3n) is 2.71. The van der Waals surface area contributed by atoms with Crippen LogP contribution in [0.3, 0.4) is 0 Å². The van der Waals surface area contributed by atoms with Gasteiger partial charge >= 0.3 is 0 Å². The average molecular weight is 286 g/mol. The summed E-state index contributed by atoms with van der Waals surface area (Å²) in [6, 6.07) is 5.96. The van der Waals surface area contributed by atoms with Crippen molar-refractivity contribution in [2.45, 2.75) is 6.54 Å². The second-order valence-corrected chi connectivity index (χ2v) is 4.49. The number of rotatable bonds is 3. The van der Waals surface area contributed by atoms with Gasteiger partial charge in [0.15, 0.2) is 0 Å². The van der Waals surface area contributed by atoms with Gasteiger partial charge < -0.3 is 5.32 Å².